The molecule has 0 fully saturated rings. The van der Waals surface area contributed by atoms with Crippen molar-refractivity contribution in [2.24, 2.45) is 5.92 Å². The standard InChI is InChI=1S/C13H19N3O4S/c1-9-6-15-13-16(12(9)19)7-10(8-21-13)11(18)14-2-4-20-5-3-17/h6,10,17H,2-5,7-8H2,1H3,(H,14,18). The number of aromatic nitrogens is 2. The number of rotatable bonds is 6. The van der Waals surface area contributed by atoms with Crippen LogP contribution < -0.4 is 10.9 Å². The molecule has 2 heterocycles. The van der Waals surface area contributed by atoms with E-state index in [1.165, 1.54) is 11.8 Å². The molecule has 1 atom stereocenters. The Morgan fingerprint density at radius 1 is 1.62 bits per heavy atom. The monoisotopic (exact) mass is 313 g/mol. The van der Waals surface area contributed by atoms with Crippen LogP contribution in [-0.2, 0) is 16.1 Å². The first kappa shape index (κ1) is 16.0. The Morgan fingerprint density at radius 2 is 2.43 bits per heavy atom. The second kappa shape index (κ2) is 7.58. The number of fused-ring (bicyclic) bond motifs is 1. The van der Waals surface area contributed by atoms with E-state index in [4.69, 9.17) is 9.84 Å². The third-order valence-electron chi connectivity index (χ3n) is 3.15. The van der Waals surface area contributed by atoms with Crippen LogP contribution in [0.1, 0.15) is 5.56 Å². The fraction of sp³-hybridized carbons (Fsp3) is 0.615. The SMILES string of the molecule is Cc1cnc2n(c1=O)CC(C(=O)NCCOCCO)CS2. The maximum absolute atomic E-state index is 12.1. The molecule has 1 amide bonds. The van der Waals surface area contributed by atoms with Crippen molar-refractivity contribution in [1.29, 1.82) is 0 Å². The van der Waals surface area contributed by atoms with Gasteiger partial charge in [-0.15, -0.1) is 0 Å². The number of ether oxygens (including phenoxy) is 1. The number of nitrogens with one attached hydrogen (secondary N) is 1. The molecule has 7 nitrogen and oxygen atoms in total. The summed E-state index contributed by atoms with van der Waals surface area (Å²) in [6.07, 6.45) is 1.57. The van der Waals surface area contributed by atoms with E-state index in [1.807, 2.05) is 0 Å². The smallest absolute Gasteiger partial charge is 0.257 e. The molecular formula is C13H19N3O4S. The molecule has 2 rings (SSSR count). The Labute approximate surface area is 126 Å². The molecule has 1 aromatic rings. The molecule has 0 aliphatic carbocycles. The van der Waals surface area contributed by atoms with Crippen LogP contribution in [0.5, 0.6) is 0 Å². The second-order valence-corrected chi connectivity index (χ2v) is 5.76. The first-order valence-corrected chi connectivity index (χ1v) is 7.77. The van der Waals surface area contributed by atoms with Crippen molar-refractivity contribution in [3.63, 3.8) is 0 Å². The lowest BCUT2D eigenvalue weighted by Crippen LogP contribution is -2.41. The number of amides is 1. The van der Waals surface area contributed by atoms with Crippen molar-refractivity contribution >= 4 is 17.7 Å². The quantitative estimate of drug-likeness (QED) is 0.538. The molecule has 8 heteroatoms. The van der Waals surface area contributed by atoms with Crippen molar-refractivity contribution in [1.82, 2.24) is 14.9 Å². The maximum Gasteiger partial charge on any atom is 0.257 e. The predicted octanol–water partition coefficient (Wildman–Crippen LogP) is -0.601. The average Bonchev–Trinajstić information content (AvgIpc) is 2.50. The molecule has 1 unspecified atom stereocenters. The summed E-state index contributed by atoms with van der Waals surface area (Å²) in [4.78, 5) is 28.3. The summed E-state index contributed by atoms with van der Waals surface area (Å²) in [5.74, 6) is 0.273. The summed E-state index contributed by atoms with van der Waals surface area (Å²) in [6, 6.07) is 0. The van der Waals surface area contributed by atoms with Gasteiger partial charge in [0.2, 0.25) is 5.91 Å². The average molecular weight is 313 g/mol. The molecule has 0 saturated carbocycles. The van der Waals surface area contributed by atoms with Gasteiger partial charge in [-0.05, 0) is 6.92 Å². The van der Waals surface area contributed by atoms with Crippen LogP contribution in [0.2, 0.25) is 0 Å². The molecule has 0 radical (unpaired) electrons. The highest BCUT2D eigenvalue weighted by atomic mass is 32.2. The highest BCUT2D eigenvalue weighted by molar-refractivity contribution is 7.99. The summed E-state index contributed by atoms with van der Waals surface area (Å²) in [7, 11) is 0. The molecule has 2 N–H and O–H groups in total. The van der Waals surface area contributed by atoms with Crippen LogP contribution in [0, 0.1) is 12.8 Å². The zero-order chi connectivity index (χ0) is 15.2. The van der Waals surface area contributed by atoms with E-state index in [0.717, 1.165) is 0 Å². The summed E-state index contributed by atoms with van der Waals surface area (Å²) in [5.41, 5.74) is 0.495. The fourth-order valence-electron chi connectivity index (χ4n) is 2.02. The van der Waals surface area contributed by atoms with Gasteiger partial charge in [0, 0.05) is 30.6 Å². The van der Waals surface area contributed by atoms with Gasteiger partial charge < -0.3 is 15.2 Å². The second-order valence-electron chi connectivity index (χ2n) is 4.77. The highest BCUT2D eigenvalue weighted by Crippen LogP contribution is 2.24. The minimum Gasteiger partial charge on any atom is -0.394 e. The number of nitrogens with zero attached hydrogens (tertiary/aromatic N) is 2. The van der Waals surface area contributed by atoms with E-state index < -0.39 is 0 Å². The van der Waals surface area contributed by atoms with E-state index in [2.05, 4.69) is 10.3 Å². The molecule has 0 saturated heterocycles. The minimum absolute atomic E-state index is 0.0285. The Morgan fingerprint density at radius 3 is 3.19 bits per heavy atom. The Hall–Kier alpha value is -1.38. The van der Waals surface area contributed by atoms with Gasteiger partial charge in [-0.3, -0.25) is 14.2 Å². The van der Waals surface area contributed by atoms with Crippen LogP contribution in [0.4, 0.5) is 0 Å². The lowest BCUT2D eigenvalue weighted by molar-refractivity contribution is -0.125. The molecule has 116 valence electrons. The van der Waals surface area contributed by atoms with Gasteiger partial charge in [0.25, 0.3) is 5.56 Å². The number of carbonyl (C=O) groups excluding carboxylic acids is 1. The molecule has 0 spiro atoms. The molecule has 0 bridgehead atoms. The van der Waals surface area contributed by atoms with Crippen LogP contribution >= 0.6 is 11.8 Å². The summed E-state index contributed by atoms with van der Waals surface area (Å²) in [5, 5.41) is 12.0. The maximum atomic E-state index is 12.1. The van der Waals surface area contributed by atoms with Gasteiger partial charge in [0.15, 0.2) is 5.16 Å². The number of hydrogen-bond acceptors (Lipinski definition) is 6. The van der Waals surface area contributed by atoms with Crippen molar-refractivity contribution in [2.45, 2.75) is 18.6 Å². The van der Waals surface area contributed by atoms with E-state index in [1.54, 1.807) is 17.7 Å². The topological polar surface area (TPSA) is 93.5 Å². The van der Waals surface area contributed by atoms with Crippen molar-refractivity contribution < 1.29 is 14.6 Å². The van der Waals surface area contributed by atoms with Crippen LogP contribution in [0.3, 0.4) is 0 Å². The van der Waals surface area contributed by atoms with Crippen LogP contribution in [-0.4, -0.2) is 52.7 Å². The molecule has 1 aliphatic heterocycles. The van der Waals surface area contributed by atoms with Crippen molar-refractivity contribution in [2.75, 3.05) is 32.1 Å². The van der Waals surface area contributed by atoms with Gasteiger partial charge in [0.05, 0.1) is 25.7 Å². The molecule has 21 heavy (non-hydrogen) atoms. The third-order valence-corrected chi connectivity index (χ3v) is 4.30. The number of hydrogen-bond donors (Lipinski definition) is 2. The van der Waals surface area contributed by atoms with Gasteiger partial charge in [-0.1, -0.05) is 11.8 Å². The zero-order valence-electron chi connectivity index (χ0n) is 11.9. The highest BCUT2D eigenvalue weighted by Gasteiger charge is 2.26. The van der Waals surface area contributed by atoms with Crippen LogP contribution in [0.15, 0.2) is 16.1 Å². The first-order chi connectivity index (χ1) is 10.1. The number of aryl methyl sites for hydroxylation is 1. The van der Waals surface area contributed by atoms with Crippen LogP contribution in [0.25, 0.3) is 0 Å². The summed E-state index contributed by atoms with van der Waals surface area (Å²) in [6.45, 7) is 3.08. The lowest BCUT2D eigenvalue weighted by Gasteiger charge is -2.24. The molecular weight excluding hydrogens is 294 g/mol. The zero-order valence-corrected chi connectivity index (χ0v) is 12.7. The van der Waals surface area contributed by atoms with E-state index >= 15 is 0 Å². The van der Waals surface area contributed by atoms with Gasteiger partial charge in [0.1, 0.15) is 0 Å². The summed E-state index contributed by atoms with van der Waals surface area (Å²) >= 11 is 1.42. The number of aliphatic hydroxyl groups is 1. The lowest BCUT2D eigenvalue weighted by atomic mass is 10.1. The summed E-state index contributed by atoms with van der Waals surface area (Å²) < 4.78 is 6.64. The van der Waals surface area contributed by atoms with Gasteiger partial charge in [-0.2, -0.15) is 0 Å². The largest absolute Gasteiger partial charge is 0.394 e. The number of carbonyl (C=O) groups is 1. The number of aliphatic hydroxyl groups excluding tert-OH is 1. The normalized spacial score (nSPS) is 17.3. The number of thioether (sulfide) groups is 1. The minimum atomic E-state index is -0.248. The van der Waals surface area contributed by atoms with Crippen molar-refractivity contribution in [3.05, 3.63) is 22.1 Å². The predicted molar refractivity (Wildman–Crippen MR) is 78.4 cm³/mol. The van der Waals surface area contributed by atoms with Gasteiger partial charge >= 0.3 is 0 Å². The fourth-order valence-corrected chi connectivity index (χ4v) is 3.06. The Bertz CT molecular complexity index is 561. The Balaban J connectivity index is 1.90. The van der Waals surface area contributed by atoms with E-state index in [9.17, 15) is 9.59 Å². The van der Waals surface area contributed by atoms with E-state index in [-0.39, 0.29) is 30.6 Å². The molecule has 1 aliphatic rings. The van der Waals surface area contributed by atoms with Crippen molar-refractivity contribution in [3.8, 4) is 0 Å². The van der Waals surface area contributed by atoms with E-state index in [0.29, 0.717) is 36.2 Å². The first-order valence-electron chi connectivity index (χ1n) is 6.79. The Kier molecular flexibility index (Phi) is 5.77. The molecule has 0 aromatic carbocycles. The van der Waals surface area contributed by atoms with Gasteiger partial charge in [-0.25, -0.2) is 4.98 Å². The third kappa shape index (κ3) is 4.05. The molecule has 1 aromatic heterocycles.